The van der Waals surface area contributed by atoms with Crippen molar-refractivity contribution in [2.75, 3.05) is 24.7 Å². The number of phosphoric acid groups is 1. The number of aromatic nitrogens is 6. The van der Waals surface area contributed by atoms with Crippen molar-refractivity contribution >= 4 is 60.2 Å². The van der Waals surface area contributed by atoms with Crippen molar-refractivity contribution in [2.45, 2.75) is 49.1 Å². The molecule has 2 bridgehead atoms. The molecule has 0 spiro atoms. The predicted octanol–water partition coefficient (Wildman–Crippen LogP) is -1.02. The molecular formula is C22H26N8O12P2S. The topological polar surface area (TPSA) is 287 Å². The summed E-state index contributed by atoms with van der Waals surface area (Å²) >= 11 is 5.25. The van der Waals surface area contributed by atoms with Crippen molar-refractivity contribution in [3.8, 4) is 0 Å². The molecule has 0 aliphatic carbocycles. The number of hydrogen-bond donors (Lipinski definition) is 7. The van der Waals surface area contributed by atoms with E-state index in [4.69, 9.17) is 50.8 Å². The van der Waals surface area contributed by atoms with Crippen LogP contribution in [-0.2, 0) is 43.9 Å². The van der Waals surface area contributed by atoms with Gasteiger partial charge in [0.2, 0.25) is 5.95 Å². The lowest BCUT2D eigenvalue weighted by molar-refractivity contribution is -0.0634. The molecule has 9 N–H and O–H groups in total. The number of phosphoric ester groups is 1. The van der Waals surface area contributed by atoms with Crippen LogP contribution >= 0.6 is 14.5 Å². The Labute approximate surface area is 256 Å². The average Bonchev–Trinajstić information content (AvgIpc) is 3.72. The molecule has 7 rings (SSSR count). The molecule has 10 atom stereocenters. The quantitative estimate of drug-likeness (QED) is 0.124. The number of fused-ring (bicyclic) bond motifs is 5. The minimum atomic E-state index is -4.99. The van der Waals surface area contributed by atoms with Crippen molar-refractivity contribution in [3.63, 3.8) is 0 Å². The van der Waals surface area contributed by atoms with Gasteiger partial charge < -0.3 is 54.6 Å². The van der Waals surface area contributed by atoms with Crippen LogP contribution in [0.1, 0.15) is 12.5 Å². The van der Waals surface area contributed by atoms with E-state index in [0.717, 1.165) is 0 Å². The molecule has 3 fully saturated rings. The number of aromatic amines is 1. The summed E-state index contributed by atoms with van der Waals surface area (Å²) in [4.78, 5) is 48.6. The third-order valence-corrected chi connectivity index (χ3v) is 10.2. The SMILES string of the molecule is Nc1nc2c(ccn2[C@@H]2O[C@@H]3COP(O)(=S)O[C@H]4C(O)[C@@H](COP(=O)(O)OC3[C@@H]2O)O[C@H]4n2ccc3c(N)ncnc32)c(=O)[nH]1. The second-order valence-corrected chi connectivity index (χ2v) is 14.6. The van der Waals surface area contributed by atoms with Crippen molar-refractivity contribution in [2.24, 2.45) is 0 Å². The maximum absolute atomic E-state index is 13.1. The van der Waals surface area contributed by atoms with Crippen LogP contribution in [0.25, 0.3) is 22.1 Å². The van der Waals surface area contributed by atoms with Gasteiger partial charge in [0.05, 0.1) is 24.0 Å². The number of H-pyrrole nitrogens is 1. The van der Waals surface area contributed by atoms with Gasteiger partial charge in [-0.15, -0.1) is 0 Å². The van der Waals surface area contributed by atoms with Crippen LogP contribution in [0, 0.1) is 0 Å². The first-order valence-electron chi connectivity index (χ1n) is 13.2. The van der Waals surface area contributed by atoms with E-state index in [1.165, 1.54) is 33.9 Å². The van der Waals surface area contributed by atoms with Crippen LogP contribution in [0.3, 0.4) is 0 Å². The molecule has 4 aromatic rings. The maximum atomic E-state index is 13.1. The molecule has 4 aromatic heterocycles. The van der Waals surface area contributed by atoms with Crippen LogP contribution < -0.4 is 17.0 Å². The van der Waals surface area contributed by atoms with E-state index in [2.05, 4.69) is 19.9 Å². The second-order valence-electron chi connectivity index (χ2n) is 10.4. The fourth-order valence-electron chi connectivity index (χ4n) is 5.57. The first-order chi connectivity index (χ1) is 21.3. The number of nitrogens with zero attached hydrogens (tertiary/aromatic N) is 5. The number of aliphatic hydroxyl groups excluding tert-OH is 2. The van der Waals surface area contributed by atoms with Gasteiger partial charge in [-0.1, -0.05) is 0 Å². The van der Waals surface area contributed by atoms with Gasteiger partial charge in [0.15, 0.2) is 18.1 Å². The van der Waals surface area contributed by atoms with Crippen molar-refractivity contribution in [3.05, 3.63) is 41.2 Å². The predicted molar refractivity (Wildman–Crippen MR) is 155 cm³/mol. The molecule has 0 saturated carbocycles. The molecule has 242 valence electrons. The van der Waals surface area contributed by atoms with Gasteiger partial charge in [-0.3, -0.25) is 23.3 Å². The second kappa shape index (κ2) is 11.1. The largest absolute Gasteiger partial charge is 0.472 e. The standard InChI is InChI=1S/C22H26N8O12P2S/c23-16-8-1-3-29(17(8)26-7-25-16)21-15-12(31)10(39-21)5-37-43(34,35)41-14-11(6-38-44(36,45)42-15)40-20(13(14)32)30-4-2-9-18(30)27-22(24)28-19(9)33/h1-4,7,10-15,20-21,31-32H,5-6H2,(H,34,35)(H,36,45)(H2,23,25,26)(H3,24,27,28,33)/t10-,11-,12?,13+,14?,15+,20-,21-,44?/m1/s1. The lowest BCUT2D eigenvalue weighted by Crippen LogP contribution is -2.36. The van der Waals surface area contributed by atoms with Crippen LogP contribution in [-0.4, -0.2) is 98.9 Å². The zero-order chi connectivity index (χ0) is 31.8. The van der Waals surface area contributed by atoms with E-state index in [1.807, 2.05) is 0 Å². The summed E-state index contributed by atoms with van der Waals surface area (Å²) < 4.78 is 49.6. The molecule has 3 saturated heterocycles. The first kappa shape index (κ1) is 30.8. The Kier molecular flexibility index (Phi) is 7.61. The summed E-state index contributed by atoms with van der Waals surface area (Å²) in [5.74, 6) is -0.0223. The first-order valence-corrected chi connectivity index (χ1v) is 17.3. The number of nitrogens with two attached hydrogens (primary N) is 2. The molecule has 20 nitrogen and oxygen atoms in total. The molecular weight excluding hydrogens is 662 g/mol. The highest BCUT2D eigenvalue weighted by Crippen LogP contribution is 2.54. The molecule has 45 heavy (non-hydrogen) atoms. The van der Waals surface area contributed by atoms with E-state index in [9.17, 15) is 29.4 Å². The number of nitrogen functional groups attached to an aromatic ring is 2. The Morgan fingerprint density at radius 2 is 1.60 bits per heavy atom. The van der Waals surface area contributed by atoms with Crippen molar-refractivity contribution in [1.29, 1.82) is 0 Å². The highest BCUT2D eigenvalue weighted by Gasteiger charge is 2.53. The van der Waals surface area contributed by atoms with Gasteiger partial charge in [-0.25, -0.2) is 14.5 Å². The minimum absolute atomic E-state index is 0.0485. The van der Waals surface area contributed by atoms with Gasteiger partial charge in [0, 0.05) is 12.4 Å². The van der Waals surface area contributed by atoms with E-state index < -0.39 is 82.4 Å². The minimum Gasteiger partial charge on any atom is -0.387 e. The van der Waals surface area contributed by atoms with Gasteiger partial charge in [-0.2, -0.15) is 4.98 Å². The number of rotatable bonds is 2. The van der Waals surface area contributed by atoms with E-state index >= 15 is 0 Å². The number of aliphatic hydroxyl groups is 2. The Morgan fingerprint density at radius 3 is 2.38 bits per heavy atom. The summed E-state index contributed by atoms with van der Waals surface area (Å²) in [5, 5.41) is 22.9. The Hall–Kier alpha value is -2.88. The normalized spacial score (nSPS) is 37.7. The van der Waals surface area contributed by atoms with Crippen LogP contribution in [0.5, 0.6) is 0 Å². The van der Waals surface area contributed by atoms with Gasteiger partial charge >= 0.3 is 14.5 Å². The molecule has 0 aromatic carbocycles. The Morgan fingerprint density at radius 1 is 0.911 bits per heavy atom. The molecule has 7 heterocycles. The average molecular weight is 689 g/mol. The number of nitrogens with one attached hydrogen (secondary N) is 1. The van der Waals surface area contributed by atoms with Gasteiger partial charge in [-0.05, 0) is 23.9 Å². The molecule has 4 unspecified atom stereocenters. The Bertz CT molecular complexity index is 1940. The molecule has 0 radical (unpaired) electrons. The molecule has 23 heteroatoms. The summed E-state index contributed by atoms with van der Waals surface area (Å²) in [5.41, 5.74) is 11.4. The monoisotopic (exact) mass is 688 g/mol. The molecule has 3 aliphatic rings. The highest BCUT2D eigenvalue weighted by molar-refractivity contribution is 8.07. The van der Waals surface area contributed by atoms with Crippen LogP contribution in [0.4, 0.5) is 11.8 Å². The Balaban J connectivity index is 1.21. The maximum Gasteiger partial charge on any atom is 0.472 e. The zero-order valence-corrected chi connectivity index (χ0v) is 25.3. The van der Waals surface area contributed by atoms with Gasteiger partial charge in [0.25, 0.3) is 5.56 Å². The highest BCUT2D eigenvalue weighted by atomic mass is 32.5. The van der Waals surface area contributed by atoms with Crippen molar-refractivity contribution < 1.29 is 52.1 Å². The summed E-state index contributed by atoms with van der Waals surface area (Å²) in [7, 11) is -4.99. The molecule has 3 aliphatic heterocycles. The number of ether oxygens (including phenoxy) is 2. The molecule has 0 amide bonds. The fraction of sp³-hybridized carbons (Fsp3) is 0.455. The summed E-state index contributed by atoms with van der Waals surface area (Å²) in [6.45, 7) is -5.53. The van der Waals surface area contributed by atoms with E-state index in [1.54, 1.807) is 6.07 Å². The summed E-state index contributed by atoms with van der Waals surface area (Å²) in [6, 6.07) is 3.02. The zero-order valence-electron chi connectivity index (χ0n) is 22.7. The van der Waals surface area contributed by atoms with Crippen LogP contribution in [0.15, 0.2) is 35.6 Å². The third kappa shape index (κ3) is 5.48. The van der Waals surface area contributed by atoms with Gasteiger partial charge in [0.1, 0.15) is 54.4 Å². The lowest BCUT2D eigenvalue weighted by atomic mass is 10.1. The smallest absolute Gasteiger partial charge is 0.387 e. The fourth-order valence-corrected chi connectivity index (χ4v) is 7.95. The number of hydrogen-bond acceptors (Lipinski definition) is 16. The summed E-state index contributed by atoms with van der Waals surface area (Å²) in [6.07, 6.45) is -7.20. The lowest BCUT2D eigenvalue weighted by Gasteiger charge is -2.27. The van der Waals surface area contributed by atoms with E-state index in [0.29, 0.717) is 11.0 Å². The van der Waals surface area contributed by atoms with Crippen LogP contribution in [0.2, 0.25) is 0 Å². The number of anilines is 2. The van der Waals surface area contributed by atoms with Crippen molar-refractivity contribution in [1.82, 2.24) is 29.1 Å². The van der Waals surface area contributed by atoms with E-state index in [-0.39, 0.29) is 22.8 Å². The third-order valence-electron chi connectivity index (χ3n) is 7.62.